The Morgan fingerprint density at radius 2 is 1.83 bits per heavy atom. The lowest BCUT2D eigenvalue weighted by molar-refractivity contribution is -0.118. The van der Waals surface area contributed by atoms with E-state index in [2.05, 4.69) is 5.32 Å². The first-order valence-electron chi connectivity index (χ1n) is 7.39. The maximum absolute atomic E-state index is 12.8. The van der Waals surface area contributed by atoms with Gasteiger partial charge in [0.25, 0.3) is 5.91 Å². The number of fused-ring (bicyclic) bond motifs is 1. The molecular formula is C17H15ClFNO4. The molecule has 0 bridgehead atoms. The van der Waals surface area contributed by atoms with E-state index < -0.39 is 5.91 Å². The molecule has 1 heterocycles. The van der Waals surface area contributed by atoms with Crippen molar-refractivity contribution in [2.24, 2.45) is 0 Å². The van der Waals surface area contributed by atoms with Crippen molar-refractivity contribution in [3.63, 3.8) is 0 Å². The number of carbonyl (C=O) groups is 1. The van der Waals surface area contributed by atoms with E-state index in [9.17, 15) is 9.18 Å². The molecule has 2 aromatic carbocycles. The van der Waals surface area contributed by atoms with Crippen LogP contribution in [0, 0.1) is 5.82 Å². The van der Waals surface area contributed by atoms with E-state index in [0.29, 0.717) is 41.2 Å². The van der Waals surface area contributed by atoms with Crippen LogP contribution in [0.25, 0.3) is 0 Å². The third-order valence-electron chi connectivity index (χ3n) is 3.29. The number of anilines is 1. The largest absolute Gasteiger partial charge is 0.490 e. The zero-order valence-electron chi connectivity index (χ0n) is 12.7. The van der Waals surface area contributed by atoms with Crippen molar-refractivity contribution in [2.75, 3.05) is 25.1 Å². The van der Waals surface area contributed by atoms with Crippen LogP contribution < -0.4 is 19.5 Å². The van der Waals surface area contributed by atoms with Crippen molar-refractivity contribution in [1.29, 1.82) is 0 Å². The molecule has 0 aliphatic carbocycles. The molecule has 0 saturated heterocycles. The summed E-state index contributed by atoms with van der Waals surface area (Å²) in [5.41, 5.74) is 0.411. The number of carbonyl (C=O) groups excluding carboxylic acids is 1. The van der Waals surface area contributed by atoms with E-state index in [4.69, 9.17) is 25.8 Å². The predicted molar refractivity (Wildman–Crippen MR) is 87.6 cm³/mol. The highest BCUT2D eigenvalue weighted by molar-refractivity contribution is 6.34. The van der Waals surface area contributed by atoms with Crippen molar-refractivity contribution in [1.82, 2.24) is 0 Å². The molecule has 0 fully saturated rings. The second kappa shape index (κ2) is 7.40. The van der Waals surface area contributed by atoms with Crippen LogP contribution in [-0.4, -0.2) is 25.7 Å². The minimum atomic E-state index is -0.393. The Labute approximate surface area is 143 Å². The molecule has 1 aliphatic rings. The fourth-order valence-electron chi connectivity index (χ4n) is 2.15. The molecule has 1 N–H and O–H groups in total. The first-order valence-corrected chi connectivity index (χ1v) is 7.77. The van der Waals surface area contributed by atoms with Crippen LogP contribution in [0.5, 0.6) is 17.2 Å². The van der Waals surface area contributed by atoms with E-state index in [0.717, 1.165) is 6.42 Å². The number of ether oxygens (including phenoxy) is 3. The average molecular weight is 352 g/mol. The van der Waals surface area contributed by atoms with Gasteiger partial charge in [-0.1, -0.05) is 11.6 Å². The molecule has 1 amide bonds. The maximum atomic E-state index is 12.8. The van der Waals surface area contributed by atoms with Crippen molar-refractivity contribution in [3.05, 3.63) is 47.2 Å². The SMILES string of the molecule is O=C(COc1ccc(F)cc1)Nc1cc2c(cc1Cl)OCCCO2. The molecule has 0 saturated carbocycles. The first-order chi connectivity index (χ1) is 11.6. The van der Waals surface area contributed by atoms with E-state index in [1.54, 1.807) is 12.1 Å². The topological polar surface area (TPSA) is 56.8 Å². The lowest BCUT2D eigenvalue weighted by Gasteiger charge is -2.13. The highest BCUT2D eigenvalue weighted by Crippen LogP contribution is 2.37. The number of hydrogen-bond donors (Lipinski definition) is 1. The van der Waals surface area contributed by atoms with Gasteiger partial charge in [-0.15, -0.1) is 0 Å². The standard InChI is InChI=1S/C17H15ClFNO4/c18-13-8-15-16(23-7-1-6-22-15)9-14(13)20-17(21)10-24-12-4-2-11(19)3-5-12/h2-5,8-9H,1,6-7,10H2,(H,20,21). The monoisotopic (exact) mass is 351 g/mol. The minimum Gasteiger partial charge on any atom is -0.490 e. The van der Waals surface area contributed by atoms with Gasteiger partial charge in [-0.05, 0) is 24.3 Å². The van der Waals surface area contributed by atoms with E-state index in [1.165, 1.54) is 24.3 Å². The Bertz CT molecular complexity index is 736. The molecule has 2 aromatic rings. The van der Waals surface area contributed by atoms with Gasteiger partial charge >= 0.3 is 0 Å². The van der Waals surface area contributed by atoms with Gasteiger partial charge in [0.15, 0.2) is 18.1 Å². The van der Waals surface area contributed by atoms with Gasteiger partial charge in [0.2, 0.25) is 0 Å². The third kappa shape index (κ3) is 4.08. The smallest absolute Gasteiger partial charge is 0.262 e. The number of nitrogens with one attached hydrogen (secondary N) is 1. The molecule has 7 heteroatoms. The summed E-state index contributed by atoms with van der Waals surface area (Å²) in [5.74, 6) is 0.725. The molecule has 126 valence electrons. The van der Waals surface area contributed by atoms with E-state index in [-0.39, 0.29) is 12.4 Å². The second-order valence-corrected chi connectivity index (χ2v) is 5.53. The van der Waals surface area contributed by atoms with Crippen LogP contribution in [0.2, 0.25) is 5.02 Å². The van der Waals surface area contributed by atoms with Crippen molar-refractivity contribution in [2.45, 2.75) is 6.42 Å². The van der Waals surface area contributed by atoms with Crippen LogP contribution in [0.1, 0.15) is 6.42 Å². The summed E-state index contributed by atoms with van der Waals surface area (Å²) in [6.45, 7) is 0.868. The van der Waals surface area contributed by atoms with Gasteiger partial charge in [0, 0.05) is 18.6 Å². The zero-order chi connectivity index (χ0) is 16.9. The van der Waals surface area contributed by atoms with Gasteiger partial charge in [-0.25, -0.2) is 4.39 Å². The fourth-order valence-corrected chi connectivity index (χ4v) is 2.35. The molecule has 0 aromatic heterocycles. The van der Waals surface area contributed by atoms with Crippen molar-refractivity contribution < 1.29 is 23.4 Å². The zero-order valence-corrected chi connectivity index (χ0v) is 13.4. The quantitative estimate of drug-likeness (QED) is 0.913. The summed E-state index contributed by atoms with van der Waals surface area (Å²) < 4.78 is 29.2. The van der Waals surface area contributed by atoms with Gasteiger partial charge in [0.05, 0.1) is 23.9 Å². The molecule has 1 aliphatic heterocycles. The lowest BCUT2D eigenvalue weighted by atomic mass is 10.2. The van der Waals surface area contributed by atoms with Gasteiger partial charge < -0.3 is 19.5 Å². The van der Waals surface area contributed by atoms with Gasteiger partial charge in [-0.3, -0.25) is 4.79 Å². The number of hydrogen-bond acceptors (Lipinski definition) is 4. The lowest BCUT2D eigenvalue weighted by Crippen LogP contribution is -2.20. The van der Waals surface area contributed by atoms with Crippen LogP contribution in [0.4, 0.5) is 10.1 Å². The summed E-state index contributed by atoms with van der Waals surface area (Å²) in [6, 6.07) is 8.64. The van der Waals surface area contributed by atoms with Crippen LogP contribution >= 0.6 is 11.6 Å². The third-order valence-corrected chi connectivity index (χ3v) is 3.61. The molecule has 0 atom stereocenters. The summed E-state index contributed by atoms with van der Waals surface area (Å²) in [6.07, 6.45) is 0.777. The second-order valence-electron chi connectivity index (χ2n) is 5.12. The van der Waals surface area contributed by atoms with Crippen LogP contribution in [0.3, 0.4) is 0 Å². The Balaban J connectivity index is 1.63. The van der Waals surface area contributed by atoms with Crippen molar-refractivity contribution in [3.8, 4) is 17.2 Å². The normalized spacial score (nSPS) is 13.1. The predicted octanol–water partition coefficient (Wildman–Crippen LogP) is 3.66. The highest BCUT2D eigenvalue weighted by Gasteiger charge is 2.15. The highest BCUT2D eigenvalue weighted by atomic mass is 35.5. The number of benzene rings is 2. The molecular weight excluding hydrogens is 337 g/mol. The number of halogens is 2. The summed E-state index contributed by atoms with van der Waals surface area (Å²) in [4.78, 5) is 12.0. The Kier molecular flexibility index (Phi) is 5.05. The maximum Gasteiger partial charge on any atom is 0.262 e. The van der Waals surface area contributed by atoms with Crippen molar-refractivity contribution >= 4 is 23.2 Å². The average Bonchev–Trinajstić information content (AvgIpc) is 2.79. The Morgan fingerprint density at radius 1 is 1.17 bits per heavy atom. The molecule has 0 spiro atoms. The van der Waals surface area contributed by atoms with Gasteiger partial charge in [0.1, 0.15) is 11.6 Å². The fraction of sp³-hybridized carbons (Fsp3) is 0.235. The Hall–Kier alpha value is -2.47. The van der Waals surface area contributed by atoms with Gasteiger partial charge in [-0.2, -0.15) is 0 Å². The molecule has 0 radical (unpaired) electrons. The van der Waals surface area contributed by atoms with E-state index in [1.807, 2.05) is 0 Å². The summed E-state index contributed by atoms with van der Waals surface area (Å²) >= 11 is 6.16. The van der Waals surface area contributed by atoms with Crippen LogP contribution in [0.15, 0.2) is 36.4 Å². The molecule has 5 nitrogen and oxygen atoms in total. The Morgan fingerprint density at radius 3 is 2.54 bits per heavy atom. The van der Waals surface area contributed by atoms with E-state index >= 15 is 0 Å². The summed E-state index contributed by atoms with van der Waals surface area (Å²) in [5, 5.41) is 3.00. The molecule has 3 rings (SSSR count). The van der Waals surface area contributed by atoms with Crippen LogP contribution in [-0.2, 0) is 4.79 Å². The molecule has 0 unspecified atom stereocenters. The number of rotatable bonds is 4. The first kappa shape index (κ1) is 16.4. The summed E-state index contributed by atoms with van der Waals surface area (Å²) in [7, 11) is 0. The molecule has 24 heavy (non-hydrogen) atoms. The minimum absolute atomic E-state index is 0.226. The number of amides is 1.